The summed E-state index contributed by atoms with van der Waals surface area (Å²) >= 11 is 1.77. The zero-order chi connectivity index (χ0) is 16.9. The summed E-state index contributed by atoms with van der Waals surface area (Å²) in [4.78, 5) is 3.66. The van der Waals surface area contributed by atoms with E-state index >= 15 is 0 Å². The summed E-state index contributed by atoms with van der Waals surface area (Å²) in [6, 6.07) is 19.5. The number of hydrogen-bond donors (Lipinski definition) is 0. The molecule has 0 amide bonds. The maximum atomic E-state index is 6.49. The summed E-state index contributed by atoms with van der Waals surface area (Å²) < 4.78 is 6.49. The molecule has 1 heterocycles. The van der Waals surface area contributed by atoms with E-state index in [4.69, 9.17) is 4.74 Å². The van der Waals surface area contributed by atoms with Crippen LogP contribution in [0.15, 0.2) is 60.0 Å². The Labute approximate surface area is 148 Å². The standard InChI is InChI=1S/C21H25NOS/c1-16(2)22(3)14-13-20(21-12-7-15-24-21)23-19-11-6-9-17-8-4-5-10-18(17)19/h4-12,15-16,20H,13-14H2,1-3H3/t20-/m0/s1. The molecule has 0 N–H and O–H groups in total. The van der Waals surface area contributed by atoms with Crippen molar-refractivity contribution in [3.63, 3.8) is 0 Å². The minimum absolute atomic E-state index is 0.0945. The van der Waals surface area contributed by atoms with Crippen molar-refractivity contribution in [2.75, 3.05) is 13.6 Å². The molecule has 126 valence electrons. The molecule has 3 aromatic rings. The third-order valence-electron chi connectivity index (χ3n) is 4.50. The van der Waals surface area contributed by atoms with Gasteiger partial charge in [-0.2, -0.15) is 0 Å². The lowest BCUT2D eigenvalue weighted by atomic mass is 10.1. The molecule has 0 aliphatic rings. The van der Waals surface area contributed by atoms with Crippen molar-refractivity contribution >= 4 is 22.1 Å². The predicted molar refractivity (Wildman–Crippen MR) is 104 cm³/mol. The second kappa shape index (κ2) is 7.82. The van der Waals surface area contributed by atoms with Crippen LogP contribution in [-0.2, 0) is 0 Å². The smallest absolute Gasteiger partial charge is 0.134 e. The van der Waals surface area contributed by atoms with E-state index < -0.39 is 0 Å². The number of ether oxygens (including phenoxy) is 1. The van der Waals surface area contributed by atoms with Crippen molar-refractivity contribution in [1.82, 2.24) is 4.90 Å². The van der Waals surface area contributed by atoms with Gasteiger partial charge in [0.15, 0.2) is 0 Å². The van der Waals surface area contributed by atoms with Crippen LogP contribution in [0.2, 0.25) is 0 Å². The van der Waals surface area contributed by atoms with Gasteiger partial charge >= 0.3 is 0 Å². The first kappa shape index (κ1) is 17.0. The highest BCUT2D eigenvalue weighted by Crippen LogP contribution is 2.32. The molecular weight excluding hydrogens is 314 g/mol. The molecule has 0 bridgehead atoms. The number of benzene rings is 2. The Morgan fingerprint density at radius 3 is 2.54 bits per heavy atom. The van der Waals surface area contributed by atoms with E-state index in [1.165, 1.54) is 15.6 Å². The first-order valence-electron chi connectivity index (χ1n) is 8.53. The summed E-state index contributed by atoms with van der Waals surface area (Å²) in [6.45, 7) is 5.47. The van der Waals surface area contributed by atoms with Crippen molar-refractivity contribution in [2.24, 2.45) is 0 Å². The Balaban J connectivity index is 1.83. The summed E-state index contributed by atoms with van der Waals surface area (Å²) in [5.41, 5.74) is 0. The van der Waals surface area contributed by atoms with Crippen molar-refractivity contribution < 1.29 is 4.74 Å². The van der Waals surface area contributed by atoms with Crippen LogP contribution < -0.4 is 4.74 Å². The number of rotatable bonds is 7. The molecule has 24 heavy (non-hydrogen) atoms. The maximum Gasteiger partial charge on any atom is 0.134 e. The summed E-state index contributed by atoms with van der Waals surface area (Å²) in [5.74, 6) is 0.971. The van der Waals surface area contributed by atoms with Gasteiger partial charge in [0.25, 0.3) is 0 Å². The molecule has 3 heteroatoms. The number of thiophene rings is 1. The van der Waals surface area contributed by atoms with E-state index in [2.05, 4.69) is 85.8 Å². The molecule has 2 nitrogen and oxygen atoms in total. The van der Waals surface area contributed by atoms with E-state index in [1.54, 1.807) is 11.3 Å². The third-order valence-corrected chi connectivity index (χ3v) is 5.47. The van der Waals surface area contributed by atoms with E-state index in [0.717, 1.165) is 18.7 Å². The van der Waals surface area contributed by atoms with Gasteiger partial charge in [-0.1, -0.05) is 42.5 Å². The van der Waals surface area contributed by atoms with Crippen molar-refractivity contribution in [2.45, 2.75) is 32.4 Å². The van der Waals surface area contributed by atoms with Crippen LogP contribution >= 0.6 is 11.3 Å². The fourth-order valence-corrected chi connectivity index (χ4v) is 3.55. The monoisotopic (exact) mass is 339 g/mol. The minimum Gasteiger partial charge on any atom is -0.484 e. The zero-order valence-corrected chi connectivity index (χ0v) is 15.4. The van der Waals surface area contributed by atoms with E-state index in [9.17, 15) is 0 Å². The van der Waals surface area contributed by atoms with Gasteiger partial charge in [0, 0.05) is 29.3 Å². The van der Waals surface area contributed by atoms with E-state index in [1.807, 2.05) is 0 Å². The van der Waals surface area contributed by atoms with Crippen LogP contribution in [0.4, 0.5) is 0 Å². The largest absolute Gasteiger partial charge is 0.484 e. The van der Waals surface area contributed by atoms with Gasteiger partial charge in [0.05, 0.1) is 0 Å². The molecule has 1 atom stereocenters. The molecule has 0 aliphatic carbocycles. The van der Waals surface area contributed by atoms with Gasteiger partial charge in [0.1, 0.15) is 11.9 Å². The molecule has 2 aromatic carbocycles. The van der Waals surface area contributed by atoms with Crippen LogP contribution in [0.25, 0.3) is 10.8 Å². The highest BCUT2D eigenvalue weighted by Gasteiger charge is 2.17. The number of fused-ring (bicyclic) bond motifs is 1. The lowest BCUT2D eigenvalue weighted by molar-refractivity contribution is 0.167. The fourth-order valence-electron chi connectivity index (χ4n) is 2.76. The Morgan fingerprint density at radius 2 is 1.79 bits per heavy atom. The zero-order valence-electron chi connectivity index (χ0n) is 14.6. The Morgan fingerprint density at radius 1 is 1.00 bits per heavy atom. The van der Waals surface area contributed by atoms with Gasteiger partial charge in [-0.25, -0.2) is 0 Å². The van der Waals surface area contributed by atoms with Gasteiger partial charge in [-0.15, -0.1) is 11.3 Å². The van der Waals surface area contributed by atoms with Crippen molar-refractivity contribution in [3.05, 3.63) is 64.9 Å². The first-order valence-corrected chi connectivity index (χ1v) is 9.41. The summed E-state index contributed by atoms with van der Waals surface area (Å²) in [5, 5.41) is 4.53. The quantitative estimate of drug-likeness (QED) is 0.543. The maximum absolute atomic E-state index is 6.49. The molecule has 0 spiro atoms. The third kappa shape index (κ3) is 3.97. The highest BCUT2D eigenvalue weighted by molar-refractivity contribution is 7.10. The average Bonchev–Trinajstić information content (AvgIpc) is 3.12. The van der Waals surface area contributed by atoms with Crippen LogP contribution in [-0.4, -0.2) is 24.5 Å². The fraction of sp³-hybridized carbons (Fsp3) is 0.333. The topological polar surface area (TPSA) is 12.5 Å². The molecule has 0 saturated heterocycles. The summed E-state index contributed by atoms with van der Waals surface area (Å²) in [6.07, 6.45) is 1.08. The number of hydrogen-bond acceptors (Lipinski definition) is 3. The molecule has 0 fully saturated rings. The van der Waals surface area contributed by atoms with Gasteiger partial charge in [-0.05, 0) is 43.8 Å². The van der Waals surface area contributed by atoms with Gasteiger partial charge in [-0.3, -0.25) is 0 Å². The van der Waals surface area contributed by atoms with Crippen molar-refractivity contribution in [1.29, 1.82) is 0 Å². The molecule has 0 aliphatic heterocycles. The second-order valence-electron chi connectivity index (χ2n) is 6.46. The normalized spacial score (nSPS) is 12.9. The average molecular weight is 340 g/mol. The van der Waals surface area contributed by atoms with Crippen LogP contribution in [0.5, 0.6) is 5.75 Å². The molecule has 0 radical (unpaired) electrons. The van der Waals surface area contributed by atoms with Crippen LogP contribution in [0, 0.1) is 0 Å². The lowest BCUT2D eigenvalue weighted by Crippen LogP contribution is -2.28. The van der Waals surface area contributed by atoms with E-state index in [0.29, 0.717) is 6.04 Å². The van der Waals surface area contributed by atoms with Gasteiger partial charge < -0.3 is 9.64 Å². The Bertz CT molecular complexity index is 761. The summed E-state index contributed by atoms with van der Waals surface area (Å²) in [7, 11) is 2.17. The molecule has 0 saturated carbocycles. The first-order chi connectivity index (χ1) is 11.6. The van der Waals surface area contributed by atoms with E-state index in [-0.39, 0.29) is 6.10 Å². The minimum atomic E-state index is 0.0945. The SMILES string of the molecule is CC(C)N(C)CC[C@H](Oc1cccc2ccccc12)c1cccs1. The Hall–Kier alpha value is -1.84. The van der Waals surface area contributed by atoms with Gasteiger partial charge in [0.2, 0.25) is 0 Å². The number of nitrogens with zero attached hydrogens (tertiary/aromatic N) is 1. The van der Waals surface area contributed by atoms with Crippen molar-refractivity contribution in [3.8, 4) is 5.75 Å². The molecular formula is C21H25NOS. The molecule has 3 rings (SSSR count). The Kier molecular flexibility index (Phi) is 5.54. The molecule has 1 aromatic heterocycles. The molecule has 0 unspecified atom stereocenters. The lowest BCUT2D eigenvalue weighted by Gasteiger charge is -2.25. The highest BCUT2D eigenvalue weighted by atomic mass is 32.1. The van der Waals surface area contributed by atoms with Crippen LogP contribution in [0.3, 0.4) is 0 Å². The predicted octanol–water partition coefficient (Wildman–Crippen LogP) is 5.75. The second-order valence-corrected chi connectivity index (χ2v) is 7.44. The van der Waals surface area contributed by atoms with Crippen LogP contribution in [0.1, 0.15) is 31.2 Å².